The van der Waals surface area contributed by atoms with Crippen LogP contribution in [0.3, 0.4) is 0 Å². The van der Waals surface area contributed by atoms with Crippen LogP contribution in [0.25, 0.3) is 0 Å². The number of alkyl halides is 3. The van der Waals surface area contributed by atoms with Crippen molar-refractivity contribution in [2.75, 3.05) is 14.2 Å². The molecule has 3 nitrogen and oxygen atoms in total. The van der Waals surface area contributed by atoms with E-state index < -0.39 is 23.3 Å². The van der Waals surface area contributed by atoms with E-state index >= 15 is 0 Å². The molecule has 0 bridgehead atoms. The van der Waals surface area contributed by atoms with Crippen molar-refractivity contribution in [2.45, 2.75) is 13.1 Å². The van der Waals surface area contributed by atoms with Crippen molar-refractivity contribution in [1.82, 2.24) is 0 Å². The molecule has 0 spiro atoms. The molecular formula is C11H11F3O3. The van der Waals surface area contributed by atoms with Crippen molar-refractivity contribution in [3.63, 3.8) is 0 Å². The molecule has 94 valence electrons. The number of hydrogen-bond acceptors (Lipinski definition) is 3. The van der Waals surface area contributed by atoms with Gasteiger partial charge in [-0.05, 0) is 19.1 Å². The van der Waals surface area contributed by atoms with Gasteiger partial charge in [-0.3, -0.25) is 4.79 Å². The second kappa shape index (κ2) is 4.65. The quantitative estimate of drug-likeness (QED) is 0.771. The Hall–Kier alpha value is -1.72. The van der Waals surface area contributed by atoms with Gasteiger partial charge in [0.2, 0.25) is 0 Å². The molecule has 0 fully saturated rings. The van der Waals surface area contributed by atoms with Crippen molar-refractivity contribution in [3.05, 3.63) is 23.3 Å². The first-order valence-corrected chi connectivity index (χ1v) is 4.66. The SMILES string of the molecule is COc1c(C(C)=O)ccc(C(F)(F)F)c1OC. The molecule has 0 aliphatic rings. The Morgan fingerprint density at radius 1 is 1.12 bits per heavy atom. The van der Waals surface area contributed by atoms with Gasteiger partial charge in [0.05, 0.1) is 19.8 Å². The predicted octanol–water partition coefficient (Wildman–Crippen LogP) is 2.93. The van der Waals surface area contributed by atoms with Gasteiger partial charge < -0.3 is 9.47 Å². The fourth-order valence-corrected chi connectivity index (χ4v) is 1.47. The Morgan fingerprint density at radius 3 is 2.00 bits per heavy atom. The molecular weight excluding hydrogens is 237 g/mol. The van der Waals surface area contributed by atoms with Crippen LogP contribution in [0.15, 0.2) is 12.1 Å². The second-order valence-electron chi connectivity index (χ2n) is 3.28. The third-order valence-electron chi connectivity index (χ3n) is 2.21. The van der Waals surface area contributed by atoms with Gasteiger partial charge in [-0.2, -0.15) is 13.2 Å². The van der Waals surface area contributed by atoms with E-state index in [0.717, 1.165) is 19.2 Å². The molecule has 0 aromatic heterocycles. The Bertz CT molecular complexity index is 438. The number of halogens is 3. The average molecular weight is 248 g/mol. The van der Waals surface area contributed by atoms with Gasteiger partial charge in [0.1, 0.15) is 5.56 Å². The largest absolute Gasteiger partial charge is 0.492 e. The van der Waals surface area contributed by atoms with Crippen LogP contribution in [0.4, 0.5) is 13.2 Å². The number of ether oxygens (including phenoxy) is 2. The number of ketones is 1. The van der Waals surface area contributed by atoms with Crippen LogP contribution in [0, 0.1) is 0 Å². The Balaban J connectivity index is 3.54. The highest BCUT2D eigenvalue weighted by Crippen LogP contribution is 2.43. The van der Waals surface area contributed by atoms with Gasteiger partial charge in [0.15, 0.2) is 17.3 Å². The molecule has 1 rings (SSSR count). The first-order valence-electron chi connectivity index (χ1n) is 4.66. The molecule has 0 aliphatic heterocycles. The third kappa shape index (κ3) is 2.51. The summed E-state index contributed by atoms with van der Waals surface area (Å²) in [6.07, 6.45) is -4.56. The molecule has 0 amide bonds. The van der Waals surface area contributed by atoms with Crippen molar-refractivity contribution in [3.8, 4) is 11.5 Å². The van der Waals surface area contributed by atoms with E-state index in [1.54, 1.807) is 0 Å². The van der Waals surface area contributed by atoms with Crippen LogP contribution in [-0.4, -0.2) is 20.0 Å². The first-order chi connectivity index (χ1) is 7.82. The van der Waals surface area contributed by atoms with Crippen LogP contribution in [0.2, 0.25) is 0 Å². The first kappa shape index (κ1) is 13.3. The highest BCUT2D eigenvalue weighted by Gasteiger charge is 2.36. The van der Waals surface area contributed by atoms with E-state index in [1.807, 2.05) is 0 Å². The Labute approximate surface area is 96.1 Å². The molecule has 1 aromatic rings. The molecule has 0 aliphatic carbocycles. The monoisotopic (exact) mass is 248 g/mol. The average Bonchev–Trinajstić information content (AvgIpc) is 2.25. The molecule has 0 saturated heterocycles. The minimum absolute atomic E-state index is 0.0531. The van der Waals surface area contributed by atoms with Gasteiger partial charge in [-0.1, -0.05) is 0 Å². The van der Waals surface area contributed by atoms with Crippen LogP contribution in [-0.2, 0) is 6.18 Å². The summed E-state index contributed by atoms with van der Waals surface area (Å²) in [6, 6.07) is 1.88. The maximum absolute atomic E-state index is 12.7. The molecule has 6 heteroatoms. The normalized spacial score (nSPS) is 11.2. The second-order valence-corrected chi connectivity index (χ2v) is 3.28. The fourth-order valence-electron chi connectivity index (χ4n) is 1.47. The molecule has 0 radical (unpaired) electrons. The van der Waals surface area contributed by atoms with Gasteiger partial charge in [-0.25, -0.2) is 0 Å². The smallest absolute Gasteiger partial charge is 0.420 e. The summed E-state index contributed by atoms with van der Waals surface area (Å²) in [7, 11) is 2.28. The summed E-state index contributed by atoms with van der Waals surface area (Å²) in [4.78, 5) is 11.2. The predicted molar refractivity (Wildman–Crippen MR) is 54.6 cm³/mol. The molecule has 0 saturated carbocycles. The lowest BCUT2D eigenvalue weighted by atomic mass is 10.1. The maximum Gasteiger partial charge on any atom is 0.420 e. The number of rotatable bonds is 3. The fraction of sp³-hybridized carbons (Fsp3) is 0.364. The van der Waals surface area contributed by atoms with Gasteiger partial charge in [-0.15, -0.1) is 0 Å². The number of Topliss-reactive ketones (excluding diaryl/α,β-unsaturated/α-hetero) is 1. The van der Waals surface area contributed by atoms with E-state index in [1.165, 1.54) is 14.0 Å². The topological polar surface area (TPSA) is 35.5 Å². The van der Waals surface area contributed by atoms with E-state index in [-0.39, 0.29) is 11.3 Å². The minimum atomic E-state index is -4.56. The van der Waals surface area contributed by atoms with Gasteiger partial charge in [0.25, 0.3) is 0 Å². The number of benzene rings is 1. The Kier molecular flexibility index (Phi) is 3.65. The number of carbonyl (C=O) groups is 1. The molecule has 0 unspecified atom stereocenters. The van der Waals surface area contributed by atoms with E-state index in [9.17, 15) is 18.0 Å². The van der Waals surface area contributed by atoms with E-state index in [2.05, 4.69) is 4.74 Å². The van der Waals surface area contributed by atoms with Crippen molar-refractivity contribution in [2.24, 2.45) is 0 Å². The molecule has 0 atom stereocenters. The van der Waals surface area contributed by atoms with E-state index in [4.69, 9.17) is 4.74 Å². The molecule has 1 aromatic carbocycles. The zero-order valence-corrected chi connectivity index (χ0v) is 9.51. The number of hydrogen-bond donors (Lipinski definition) is 0. The van der Waals surface area contributed by atoms with Crippen LogP contribution in [0.5, 0.6) is 11.5 Å². The van der Waals surface area contributed by atoms with Crippen molar-refractivity contribution < 1.29 is 27.4 Å². The summed E-state index contributed by atoms with van der Waals surface area (Å²) in [5, 5.41) is 0. The lowest BCUT2D eigenvalue weighted by Crippen LogP contribution is -2.10. The van der Waals surface area contributed by atoms with Crippen LogP contribution >= 0.6 is 0 Å². The highest BCUT2D eigenvalue weighted by molar-refractivity contribution is 5.98. The summed E-state index contributed by atoms with van der Waals surface area (Å²) in [5.41, 5.74) is -0.917. The maximum atomic E-state index is 12.7. The lowest BCUT2D eigenvalue weighted by Gasteiger charge is -2.16. The highest BCUT2D eigenvalue weighted by atomic mass is 19.4. The zero-order valence-electron chi connectivity index (χ0n) is 9.51. The summed E-state index contributed by atoms with van der Waals surface area (Å²) >= 11 is 0. The van der Waals surface area contributed by atoms with E-state index in [0.29, 0.717) is 0 Å². The number of carbonyl (C=O) groups excluding carboxylic acids is 1. The summed E-state index contributed by atoms with van der Waals surface area (Å²) in [6.45, 7) is 1.24. The molecule has 0 N–H and O–H groups in total. The summed E-state index contributed by atoms with van der Waals surface area (Å²) in [5.74, 6) is -1.07. The van der Waals surface area contributed by atoms with Crippen LogP contribution < -0.4 is 9.47 Å². The zero-order chi connectivity index (χ0) is 13.2. The standard InChI is InChI=1S/C11H11F3O3/c1-6(15)7-4-5-8(11(12,13)14)10(17-3)9(7)16-2/h4-5H,1-3H3. The van der Waals surface area contributed by atoms with Gasteiger partial charge in [0, 0.05) is 0 Å². The lowest BCUT2D eigenvalue weighted by molar-refractivity contribution is -0.138. The van der Waals surface area contributed by atoms with Crippen molar-refractivity contribution >= 4 is 5.78 Å². The van der Waals surface area contributed by atoms with Crippen molar-refractivity contribution in [1.29, 1.82) is 0 Å². The third-order valence-corrected chi connectivity index (χ3v) is 2.21. The Morgan fingerprint density at radius 2 is 1.65 bits per heavy atom. The summed E-state index contributed by atoms with van der Waals surface area (Å²) < 4.78 is 47.5. The molecule has 17 heavy (non-hydrogen) atoms. The minimum Gasteiger partial charge on any atom is -0.492 e. The number of methoxy groups -OCH3 is 2. The van der Waals surface area contributed by atoms with Gasteiger partial charge >= 0.3 is 6.18 Å². The molecule has 0 heterocycles. The van der Waals surface area contributed by atoms with Crippen LogP contribution in [0.1, 0.15) is 22.8 Å².